The number of nitrogens with two attached hydrogens (primary N) is 1. The largest absolute Gasteiger partial charge is 0.480 e. The van der Waals surface area contributed by atoms with Gasteiger partial charge in [0.2, 0.25) is 5.91 Å². The summed E-state index contributed by atoms with van der Waals surface area (Å²) < 4.78 is 0. The Bertz CT molecular complexity index is 174. The molecule has 0 aliphatic carbocycles. The minimum Gasteiger partial charge on any atom is -0.480 e. The van der Waals surface area contributed by atoms with Crippen LogP contribution >= 0.6 is 11.8 Å². The standard InChI is InChI=1S/C6H9NO3S/c7-5(8)3-1-2-4(11-3)6(9)10/h3-4H,1-2H2,(H2,7,8)(H,9,10). The average Bonchev–Trinajstić information content (AvgIpc) is 2.33. The second kappa shape index (κ2) is 3.13. The first-order valence-electron chi connectivity index (χ1n) is 3.29. The van der Waals surface area contributed by atoms with Crippen molar-refractivity contribution in [3.05, 3.63) is 0 Å². The van der Waals surface area contributed by atoms with Crippen LogP contribution in [0.3, 0.4) is 0 Å². The normalized spacial score (nSPS) is 30.2. The smallest absolute Gasteiger partial charge is 0.316 e. The van der Waals surface area contributed by atoms with E-state index in [9.17, 15) is 9.59 Å². The van der Waals surface area contributed by atoms with Gasteiger partial charge in [-0.3, -0.25) is 9.59 Å². The molecule has 2 atom stereocenters. The number of carbonyl (C=O) groups excluding carboxylic acids is 1. The topological polar surface area (TPSA) is 80.4 Å². The molecule has 0 saturated carbocycles. The van der Waals surface area contributed by atoms with Crippen molar-refractivity contribution >= 4 is 23.6 Å². The van der Waals surface area contributed by atoms with Gasteiger partial charge in [0.15, 0.2) is 0 Å². The lowest BCUT2D eigenvalue weighted by Crippen LogP contribution is -2.23. The van der Waals surface area contributed by atoms with E-state index < -0.39 is 17.1 Å². The Morgan fingerprint density at radius 1 is 1.36 bits per heavy atom. The van der Waals surface area contributed by atoms with Crippen LogP contribution in [0.5, 0.6) is 0 Å². The van der Waals surface area contributed by atoms with E-state index in [1.165, 1.54) is 0 Å². The van der Waals surface area contributed by atoms with Crippen molar-refractivity contribution < 1.29 is 14.7 Å². The number of thioether (sulfide) groups is 1. The highest BCUT2D eigenvalue weighted by Gasteiger charge is 2.33. The van der Waals surface area contributed by atoms with Crippen molar-refractivity contribution in [1.29, 1.82) is 0 Å². The van der Waals surface area contributed by atoms with E-state index in [0.717, 1.165) is 11.8 Å². The highest BCUT2D eigenvalue weighted by molar-refractivity contribution is 8.02. The molecule has 1 heterocycles. The number of hydrogen-bond donors (Lipinski definition) is 2. The molecule has 1 fully saturated rings. The number of primary amides is 1. The highest BCUT2D eigenvalue weighted by Crippen LogP contribution is 2.33. The molecule has 5 heteroatoms. The third-order valence-corrected chi connectivity index (χ3v) is 3.17. The number of aliphatic carboxylic acids is 1. The summed E-state index contributed by atoms with van der Waals surface area (Å²) in [6, 6.07) is 0. The van der Waals surface area contributed by atoms with Gasteiger partial charge in [-0.2, -0.15) is 0 Å². The van der Waals surface area contributed by atoms with Crippen LogP contribution in [-0.4, -0.2) is 27.5 Å². The van der Waals surface area contributed by atoms with Gasteiger partial charge >= 0.3 is 5.97 Å². The molecule has 1 saturated heterocycles. The first-order valence-corrected chi connectivity index (χ1v) is 4.23. The molecule has 1 rings (SSSR count). The van der Waals surface area contributed by atoms with Gasteiger partial charge < -0.3 is 10.8 Å². The number of carboxylic acid groups (broad SMARTS) is 1. The van der Waals surface area contributed by atoms with E-state index in [2.05, 4.69) is 0 Å². The molecule has 4 nitrogen and oxygen atoms in total. The van der Waals surface area contributed by atoms with Crippen molar-refractivity contribution in [3.63, 3.8) is 0 Å². The number of carboxylic acids is 1. The van der Waals surface area contributed by atoms with E-state index in [1.54, 1.807) is 0 Å². The fourth-order valence-electron chi connectivity index (χ4n) is 1.03. The van der Waals surface area contributed by atoms with Crippen LogP contribution in [0.15, 0.2) is 0 Å². The Labute approximate surface area is 68.1 Å². The van der Waals surface area contributed by atoms with E-state index in [0.29, 0.717) is 12.8 Å². The van der Waals surface area contributed by atoms with Gasteiger partial charge in [0.05, 0.1) is 5.25 Å². The van der Waals surface area contributed by atoms with Crippen molar-refractivity contribution in [1.82, 2.24) is 0 Å². The Kier molecular flexibility index (Phi) is 2.38. The van der Waals surface area contributed by atoms with Crippen LogP contribution in [0.1, 0.15) is 12.8 Å². The van der Waals surface area contributed by atoms with Crippen molar-refractivity contribution in [2.24, 2.45) is 5.73 Å². The summed E-state index contributed by atoms with van der Waals surface area (Å²) >= 11 is 1.15. The van der Waals surface area contributed by atoms with Gasteiger partial charge in [-0.05, 0) is 12.8 Å². The molecule has 0 aromatic heterocycles. The zero-order valence-corrected chi connectivity index (χ0v) is 6.63. The fraction of sp³-hybridized carbons (Fsp3) is 0.667. The highest BCUT2D eigenvalue weighted by atomic mass is 32.2. The summed E-state index contributed by atoms with van der Waals surface area (Å²) in [6.07, 6.45) is 1.14. The lowest BCUT2D eigenvalue weighted by Gasteiger charge is -2.02. The SMILES string of the molecule is NC(=O)C1CCC(C(=O)O)S1. The number of rotatable bonds is 2. The molecule has 2 unspecified atom stereocenters. The molecular formula is C6H9NO3S. The van der Waals surface area contributed by atoms with Crippen LogP contribution in [0.4, 0.5) is 0 Å². The van der Waals surface area contributed by atoms with E-state index in [1.807, 2.05) is 0 Å². The first-order chi connectivity index (χ1) is 5.11. The molecule has 1 amide bonds. The Morgan fingerprint density at radius 2 is 1.91 bits per heavy atom. The summed E-state index contributed by atoms with van der Waals surface area (Å²) in [5.41, 5.74) is 5.01. The predicted octanol–water partition coefficient (Wildman–Crippen LogP) is -0.180. The Morgan fingerprint density at radius 3 is 2.18 bits per heavy atom. The average molecular weight is 175 g/mol. The zero-order valence-electron chi connectivity index (χ0n) is 5.82. The molecule has 0 aromatic rings. The molecule has 0 spiro atoms. The molecular weight excluding hydrogens is 166 g/mol. The van der Waals surface area contributed by atoms with E-state index in [-0.39, 0.29) is 5.25 Å². The van der Waals surface area contributed by atoms with Crippen molar-refractivity contribution in [2.75, 3.05) is 0 Å². The van der Waals surface area contributed by atoms with Crippen LogP contribution in [0.25, 0.3) is 0 Å². The summed E-state index contributed by atoms with van der Waals surface area (Å²) in [5.74, 6) is -1.25. The maximum absolute atomic E-state index is 10.6. The van der Waals surface area contributed by atoms with Crippen molar-refractivity contribution in [3.8, 4) is 0 Å². The lowest BCUT2D eigenvalue weighted by molar-refractivity contribution is -0.136. The minimum atomic E-state index is -0.848. The van der Waals surface area contributed by atoms with Gasteiger partial charge in [-0.1, -0.05) is 0 Å². The van der Waals surface area contributed by atoms with E-state index in [4.69, 9.17) is 10.8 Å². The Hall–Kier alpha value is -0.710. The molecule has 3 N–H and O–H groups in total. The van der Waals surface area contributed by atoms with Gasteiger partial charge in [0.25, 0.3) is 0 Å². The number of amides is 1. The zero-order chi connectivity index (χ0) is 8.43. The van der Waals surface area contributed by atoms with Crippen LogP contribution in [0.2, 0.25) is 0 Å². The fourth-order valence-corrected chi connectivity index (χ4v) is 2.22. The Balaban J connectivity index is 2.47. The molecule has 1 aliphatic rings. The second-order valence-electron chi connectivity index (χ2n) is 2.43. The second-order valence-corrected chi connectivity index (χ2v) is 3.84. The quantitative estimate of drug-likeness (QED) is 0.610. The van der Waals surface area contributed by atoms with Gasteiger partial charge in [-0.25, -0.2) is 0 Å². The summed E-state index contributed by atoms with van der Waals surface area (Å²) in [7, 11) is 0. The molecule has 11 heavy (non-hydrogen) atoms. The first kappa shape index (κ1) is 8.39. The summed E-state index contributed by atoms with van der Waals surface area (Å²) in [6.45, 7) is 0. The third-order valence-electron chi connectivity index (χ3n) is 1.61. The number of carbonyl (C=O) groups is 2. The minimum absolute atomic E-state index is 0.295. The van der Waals surface area contributed by atoms with Crippen LogP contribution in [-0.2, 0) is 9.59 Å². The van der Waals surface area contributed by atoms with Crippen LogP contribution in [0, 0.1) is 0 Å². The molecule has 0 bridgehead atoms. The monoisotopic (exact) mass is 175 g/mol. The maximum atomic E-state index is 10.6. The molecule has 1 aliphatic heterocycles. The maximum Gasteiger partial charge on any atom is 0.316 e. The van der Waals surface area contributed by atoms with Gasteiger partial charge in [0, 0.05) is 0 Å². The van der Waals surface area contributed by atoms with Gasteiger partial charge in [0.1, 0.15) is 5.25 Å². The van der Waals surface area contributed by atoms with E-state index >= 15 is 0 Å². The lowest BCUT2D eigenvalue weighted by atomic mass is 10.2. The summed E-state index contributed by atoms with van der Waals surface area (Å²) in [5, 5.41) is 7.81. The molecule has 0 radical (unpaired) electrons. The molecule has 62 valence electrons. The summed E-state index contributed by atoms with van der Waals surface area (Å²) in [4.78, 5) is 21.0. The third kappa shape index (κ3) is 1.86. The molecule has 0 aromatic carbocycles. The predicted molar refractivity (Wildman–Crippen MR) is 41.2 cm³/mol. The van der Waals surface area contributed by atoms with Crippen molar-refractivity contribution in [2.45, 2.75) is 23.3 Å². The number of hydrogen-bond acceptors (Lipinski definition) is 3. The van der Waals surface area contributed by atoms with Crippen LogP contribution < -0.4 is 5.73 Å². The van der Waals surface area contributed by atoms with Gasteiger partial charge in [-0.15, -0.1) is 11.8 Å².